The molecular formula is C15H14FN. The molecule has 3 rings (SSSR count). The third-order valence-corrected chi connectivity index (χ3v) is 3.37. The number of anilines is 1. The van der Waals surface area contributed by atoms with E-state index >= 15 is 0 Å². The fraction of sp³-hybridized carbons (Fsp3) is 0.200. The largest absolute Gasteiger partial charge is 0.382 e. The molecule has 1 nitrogen and oxygen atoms in total. The number of hydrogen-bond acceptors (Lipinski definition) is 1. The van der Waals surface area contributed by atoms with Crippen molar-refractivity contribution in [3.8, 4) is 0 Å². The Morgan fingerprint density at radius 1 is 1.06 bits per heavy atom. The van der Waals surface area contributed by atoms with Gasteiger partial charge >= 0.3 is 0 Å². The molecule has 1 aliphatic carbocycles. The normalized spacial score (nSPS) is 17.1. The van der Waals surface area contributed by atoms with Crippen molar-refractivity contribution in [2.75, 3.05) is 11.9 Å². The molecule has 0 aliphatic heterocycles. The molecule has 0 fully saturated rings. The van der Waals surface area contributed by atoms with Crippen molar-refractivity contribution in [1.29, 1.82) is 0 Å². The van der Waals surface area contributed by atoms with E-state index in [0.29, 0.717) is 11.6 Å². The smallest absolute Gasteiger partial charge is 0.146 e. The average molecular weight is 227 g/mol. The SMILES string of the molecule is Fc1ccccc1NCC1Cc2ccccc21. The summed E-state index contributed by atoms with van der Waals surface area (Å²) in [4.78, 5) is 0. The Balaban J connectivity index is 1.66. The van der Waals surface area contributed by atoms with Crippen LogP contribution < -0.4 is 5.32 Å². The zero-order valence-electron chi connectivity index (χ0n) is 9.49. The monoisotopic (exact) mass is 227 g/mol. The van der Waals surface area contributed by atoms with Gasteiger partial charge in [0.1, 0.15) is 5.82 Å². The molecule has 0 amide bonds. The average Bonchev–Trinajstić information content (AvgIpc) is 2.32. The minimum atomic E-state index is -0.180. The topological polar surface area (TPSA) is 12.0 Å². The molecule has 1 unspecified atom stereocenters. The van der Waals surface area contributed by atoms with Crippen molar-refractivity contribution in [3.05, 3.63) is 65.5 Å². The van der Waals surface area contributed by atoms with Crippen LogP contribution in [0.25, 0.3) is 0 Å². The van der Waals surface area contributed by atoms with Crippen LogP contribution in [0.5, 0.6) is 0 Å². The Morgan fingerprint density at radius 3 is 2.65 bits per heavy atom. The summed E-state index contributed by atoms with van der Waals surface area (Å²) in [5, 5.41) is 3.18. The number of para-hydroxylation sites is 1. The first-order valence-electron chi connectivity index (χ1n) is 5.91. The Hall–Kier alpha value is -1.83. The van der Waals surface area contributed by atoms with E-state index in [2.05, 4.69) is 29.6 Å². The van der Waals surface area contributed by atoms with Crippen LogP contribution in [0.4, 0.5) is 10.1 Å². The van der Waals surface area contributed by atoms with E-state index in [1.54, 1.807) is 12.1 Å². The van der Waals surface area contributed by atoms with E-state index in [1.165, 1.54) is 17.2 Å². The highest BCUT2D eigenvalue weighted by molar-refractivity contribution is 5.47. The first-order chi connectivity index (χ1) is 8.34. The summed E-state index contributed by atoms with van der Waals surface area (Å²) in [6.07, 6.45) is 1.09. The predicted octanol–water partition coefficient (Wildman–Crippen LogP) is 3.58. The molecule has 86 valence electrons. The molecule has 1 atom stereocenters. The third kappa shape index (κ3) is 1.91. The Bertz CT molecular complexity index is 536. The highest BCUT2D eigenvalue weighted by Crippen LogP contribution is 2.34. The van der Waals surface area contributed by atoms with Gasteiger partial charge in [-0.05, 0) is 29.7 Å². The second-order valence-corrected chi connectivity index (χ2v) is 4.46. The number of fused-ring (bicyclic) bond motifs is 1. The summed E-state index contributed by atoms with van der Waals surface area (Å²) in [5.74, 6) is 0.339. The quantitative estimate of drug-likeness (QED) is 0.845. The van der Waals surface area contributed by atoms with Crippen molar-refractivity contribution in [2.45, 2.75) is 12.3 Å². The number of halogens is 1. The van der Waals surface area contributed by atoms with Gasteiger partial charge < -0.3 is 5.32 Å². The zero-order chi connectivity index (χ0) is 11.7. The van der Waals surface area contributed by atoms with E-state index in [9.17, 15) is 4.39 Å². The van der Waals surface area contributed by atoms with Crippen LogP contribution in [0, 0.1) is 5.82 Å². The summed E-state index contributed by atoms with van der Waals surface area (Å²) < 4.78 is 13.4. The van der Waals surface area contributed by atoms with Crippen LogP contribution in [0.3, 0.4) is 0 Å². The van der Waals surface area contributed by atoms with Gasteiger partial charge in [-0.3, -0.25) is 0 Å². The lowest BCUT2D eigenvalue weighted by molar-refractivity contribution is 0.614. The standard InChI is InChI=1S/C15H14FN/c16-14-7-3-4-8-15(14)17-10-12-9-11-5-1-2-6-13(11)12/h1-8,12,17H,9-10H2. The summed E-state index contributed by atoms with van der Waals surface area (Å²) in [5.41, 5.74) is 3.42. The zero-order valence-corrected chi connectivity index (χ0v) is 9.49. The number of hydrogen-bond donors (Lipinski definition) is 1. The van der Waals surface area contributed by atoms with E-state index in [1.807, 2.05) is 6.07 Å². The molecule has 0 saturated carbocycles. The van der Waals surface area contributed by atoms with Crippen molar-refractivity contribution in [3.63, 3.8) is 0 Å². The second kappa shape index (κ2) is 4.21. The van der Waals surface area contributed by atoms with Gasteiger partial charge in [0.25, 0.3) is 0 Å². The van der Waals surface area contributed by atoms with Gasteiger partial charge in [0.15, 0.2) is 0 Å². The Labute approximate surface area is 100 Å². The van der Waals surface area contributed by atoms with Crippen molar-refractivity contribution in [1.82, 2.24) is 0 Å². The number of rotatable bonds is 3. The Morgan fingerprint density at radius 2 is 1.82 bits per heavy atom. The summed E-state index contributed by atoms with van der Waals surface area (Å²) >= 11 is 0. The number of nitrogens with one attached hydrogen (secondary N) is 1. The second-order valence-electron chi connectivity index (χ2n) is 4.46. The van der Waals surface area contributed by atoms with Gasteiger partial charge in [-0.1, -0.05) is 36.4 Å². The maximum Gasteiger partial charge on any atom is 0.146 e. The van der Waals surface area contributed by atoms with Crippen LogP contribution in [0.2, 0.25) is 0 Å². The fourth-order valence-corrected chi connectivity index (χ4v) is 2.38. The van der Waals surface area contributed by atoms with E-state index in [-0.39, 0.29) is 5.82 Å². The maximum atomic E-state index is 13.4. The Kier molecular flexibility index (Phi) is 2.56. The molecule has 0 bridgehead atoms. The lowest BCUT2D eigenvalue weighted by atomic mass is 9.77. The molecule has 2 aromatic rings. The highest BCUT2D eigenvalue weighted by atomic mass is 19.1. The molecule has 0 spiro atoms. The fourth-order valence-electron chi connectivity index (χ4n) is 2.38. The lowest BCUT2D eigenvalue weighted by Gasteiger charge is -2.30. The van der Waals surface area contributed by atoms with E-state index < -0.39 is 0 Å². The van der Waals surface area contributed by atoms with Gasteiger partial charge in [-0.25, -0.2) is 4.39 Å². The van der Waals surface area contributed by atoms with Crippen molar-refractivity contribution in [2.24, 2.45) is 0 Å². The molecule has 1 aliphatic rings. The van der Waals surface area contributed by atoms with Gasteiger partial charge in [0.05, 0.1) is 5.69 Å². The number of benzene rings is 2. The van der Waals surface area contributed by atoms with Crippen LogP contribution in [-0.2, 0) is 6.42 Å². The van der Waals surface area contributed by atoms with Crippen molar-refractivity contribution < 1.29 is 4.39 Å². The molecule has 0 aromatic heterocycles. The van der Waals surface area contributed by atoms with Crippen LogP contribution in [0.15, 0.2) is 48.5 Å². The van der Waals surface area contributed by atoms with Gasteiger partial charge in [0.2, 0.25) is 0 Å². The predicted molar refractivity (Wildman–Crippen MR) is 67.8 cm³/mol. The molecule has 2 aromatic carbocycles. The first-order valence-corrected chi connectivity index (χ1v) is 5.91. The maximum absolute atomic E-state index is 13.4. The van der Waals surface area contributed by atoms with Crippen LogP contribution >= 0.6 is 0 Å². The van der Waals surface area contributed by atoms with Crippen LogP contribution in [-0.4, -0.2) is 6.54 Å². The molecule has 0 radical (unpaired) electrons. The van der Waals surface area contributed by atoms with E-state index in [4.69, 9.17) is 0 Å². The molecular weight excluding hydrogens is 213 g/mol. The van der Waals surface area contributed by atoms with Gasteiger partial charge in [-0.2, -0.15) is 0 Å². The highest BCUT2D eigenvalue weighted by Gasteiger charge is 2.24. The summed E-state index contributed by atoms with van der Waals surface area (Å²) in [6.45, 7) is 0.804. The minimum absolute atomic E-state index is 0.180. The lowest BCUT2D eigenvalue weighted by Crippen LogP contribution is -2.24. The summed E-state index contributed by atoms with van der Waals surface area (Å²) in [6, 6.07) is 15.3. The van der Waals surface area contributed by atoms with E-state index in [0.717, 1.165) is 13.0 Å². The molecule has 2 heteroatoms. The molecule has 0 saturated heterocycles. The first kappa shape index (κ1) is 10.3. The van der Waals surface area contributed by atoms with Crippen molar-refractivity contribution >= 4 is 5.69 Å². The van der Waals surface area contributed by atoms with Crippen LogP contribution in [0.1, 0.15) is 17.0 Å². The molecule has 17 heavy (non-hydrogen) atoms. The van der Waals surface area contributed by atoms with Gasteiger partial charge in [-0.15, -0.1) is 0 Å². The third-order valence-electron chi connectivity index (χ3n) is 3.37. The summed E-state index contributed by atoms with van der Waals surface area (Å²) in [7, 11) is 0. The molecule has 1 N–H and O–H groups in total. The minimum Gasteiger partial charge on any atom is -0.382 e. The molecule has 0 heterocycles. The van der Waals surface area contributed by atoms with Gasteiger partial charge in [0, 0.05) is 12.5 Å².